The zero-order valence-electron chi connectivity index (χ0n) is 14.2. The molecule has 2 aromatic carbocycles. The van der Waals surface area contributed by atoms with Crippen molar-refractivity contribution < 1.29 is 19.4 Å². The van der Waals surface area contributed by atoms with Crippen LogP contribution in [0.25, 0.3) is 0 Å². The van der Waals surface area contributed by atoms with Gasteiger partial charge in [0.25, 0.3) is 0 Å². The minimum absolute atomic E-state index is 0.0868. The van der Waals surface area contributed by atoms with Crippen molar-refractivity contribution in [1.29, 1.82) is 0 Å². The van der Waals surface area contributed by atoms with Crippen molar-refractivity contribution in [3.63, 3.8) is 0 Å². The highest BCUT2D eigenvalue weighted by molar-refractivity contribution is 6.31. The van der Waals surface area contributed by atoms with Crippen molar-refractivity contribution in [1.82, 2.24) is 5.32 Å². The van der Waals surface area contributed by atoms with Gasteiger partial charge in [0.15, 0.2) is 0 Å². The molecule has 26 heavy (non-hydrogen) atoms. The number of rotatable bonds is 5. The Morgan fingerprint density at radius 2 is 1.73 bits per heavy atom. The van der Waals surface area contributed by atoms with Gasteiger partial charge in [-0.1, -0.05) is 41.9 Å². The molecule has 0 unspecified atom stereocenters. The topological polar surface area (TPSA) is 75.6 Å². The standard InChI is InChI=1S/C20H20ClNO4/c21-17-4-2-1-3-16(17)20(9-11-26-12-10-20)19(25)22-13-14-5-7-15(8-6-14)18(23)24/h1-8H,9-13H2,(H,22,25)(H,23,24). The Labute approximate surface area is 156 Å². The summed E-state index contributed by atoms with van der Waals surface area (Å²) in [5, 5.41) is 12.5. The number of hydrogen-bond acceptors (Lipinski definition) is 3. The second-order valence-corrected chi connectivity index (χ2v) is 6.77. The van der Waals surface area contributed by atoms with E-state index in [-0.39, 0.29) is 11.5 Å². The van der Waals surface area contributed by atoms with Crippen molar-refractivity contribution in [3.8, 4) is 0 Å². The van der Waals surface area contributed by atoms with Crippen molar-refractivity contribution >= 4 is 23.5 Å². The van der Waals surface area contributed by atoms with Gasteiger partial charge in [-0.05, 0) is 42.2 Å². The zero-order valence-corrected chi connectivity index (χ0v) is 15.0. The van der Waals surface area contributed by atoms with E-state index in [9.17, 15) is 9.59 Å². The van der Waals surface area contributed by atoms with Crippen LogP contribution in [0.4, 0.5) is 0 Å². The molecule has 0 atom stereocenters. The minimum Gasteiger partial charge on any atom is -0.478 e. The first-order valence-electron chi connectivity index (χ1n) is 8.46. The number of aromatic carboxylic acids is 1. The lowest BCUT2D eigenvalue weighted by molar-refractivity contribution is -0.130. The lowest BCUT2D eigenvalue weighted by atomic mass is 9.73. The van der Waals surface area contributed by atoms with Gasteiger partial charge in [-0.3, -0.25) is 4.79 Å². The number of carbonyl (C=O) groups excluding carboxylic acids is 1. The third-order valence-corrected chi connectivity index (χ3v) is 5.15. The summed E-state index contributed by atoms with van der Waals surface area (Å²) in [6.45, 7) is 1.34. The van der Waals surface area contributed by atoms with Gasteiger partial charge in [0.05, 0.1) is 11.0 Å². The summed E-state index contributed by atoms with van der Waals surface area (Å²) in [6.07, 6.45) is 1.14. The lowest BCUT2D eigenvalue weighted by Crippen LogP contribution is -2.48. The number of amides is 1. The second kappa shape index (κ2) is 7.89. The molecule has 136 valence electrons. The van der Waals surface area contributed by atoms with Crippen LogP contribution in [0.15, 0.2) is 48.5 Å². The molecule has 0 aromatic heterocycles. The van der Waals surface area contributed by atoms with Gasteiger partial charge >= 0.3 is 5.97 Å². The molecule has 0 aliphatic carbocycles. The van der Waals surface area contributed by atoms with Gasteiger partial charge in [0.1, 0.15) is 0 Å². The van der Waals surface area contributed by atoms with Crippen LogP contribution in [0, 0.1) is 0 Å². The maximum absolute atomic E-state index is 13.1. The fourth-order valence-electron chi connectivity index (χ4n) is 3.30. The van der Waals surface area contributed by atoms with Crippen LogP contribution >= 0.6 is 11.6 Å². The first-order chi connectivity index (χ1) is 12.5. The number of hydrogen-bond donors (Lipinski definition) is 2. The highest BCUT2D eigenvalue weighted by Gasteiger charge is 2.42. The van der Waals surface area contributed by atoms with Crippen LogP contribution < -0.4 is 5.32 Å². The number of nitrogens with one attached hydrogen (secondary N) is 1. The molecule has 2 N–H and O–H groups in total. The summed E-state index contributed by atoms with van der Waals surface area (Å²) in [5.74, 6) is -1.06. The number of benzene rings is 2. The summed E-state index contributed by atoms with van der Waals surface area (Å²) in [7, 11) is 0. The summed E-state index contributed by atoms with van der Waals surface area (Å²) in [5.41, 5.74) is 1.17. The summed E-state index contributed by atoms with van der Waals surface area (Å²) >= 11 is 6.38. The molecule has 0 saturated carbocycles. The van der Waals surface area contributed by atoms with Gasteiger partial charge in [-0.2, -0.15) is 0 Å². The molecule has 6 heteroatoms. The Morgan fingerprint density at radius 3 is 2.35 bits per heavy atom. The number of carboxylic acid groups (broad SMARTS) is 1. The van der Waals surface area contributed by atoms with Crippen LogP contribution in [0.5, 0.6) is 0 Å². The Hall–Kier alpha value is -2.37. The number of carbonyl (C=O) groups is 2. The van der Waals surface area contributed by atoms with E-state index in [2.05, 4.69) is 5.32 Å². The Balaban J connectivity index is 1.78. The first-order valence-corrected chi connectivity index (χ1v) is 8.84. The van der Waals surface area contributed by atoms with Crippen LogP contribution in [0.2, 0.25) is 5.02 Å². The Morgan fingerprint density at radius 1 is 1.08 bits per heavy atom. The van der Waals surface area contributed by atoms with Crippen molar-refractivity contribution in [2.45, 2.75) is 24.8 Å². The third-order valence-electron chi connectivity index (χ3n) is 4.82. The lowest BCUT2D eigenvalue weighted by Gasteiger charge is -2.36. The highest BCUT2D eigenvalue weighted by Crippen LogP contribution is 2.38. The van der Waals surface area contributed by atoms with E-state index in [1.54, 1.807) is 18.2 Å². The van der Waals surface area contributed by atoms with Gasteiger partial charge in [-0.25, -0.2) is 4.79 Å². The fourth-order valence-corrected chi connectivity index (χ4v) is 3.62. The molecular formula is C20H20ClNO4. The van der Waals surface area contributed by atoms with E-state index in [1.165, 1.54) is 12.1 Å². The van der Waals surface area contributed by atoms with E-state index in [0.717, 1.165) is 11.1 Å². The summed E-state index contributed by atoms with van der Waals surface area (Å²) < 4.78 is 5.46. The second-order valence-electron chi connectivity index (χ2n) is 6.36. The molecule has 1 heterocycles. The van der Waals surface area contributed by atoms with E-state index in [4.69, 9.17) is 21.4 Å². The molecule has 0 radical (unpaired) electrons. The summed E-state index contributed by atoms with van der Waals surface area (Å²) in [4.78, 5) is 24.0. The predicted molar refractivity (Wildman–Crippen MR) is 98.4 cm³/mol. The minimum atomic E-state index is -0.972. The van der Waals surface area contributed by atoms with E-state index >= 15 is 0 Å². The van der Waals surface area contributed by atoms with E-state index in [1.807, 2.05) is 18.2 Å². The molecule has 5 nitrogen and oxygen atoms in total. The largest absolute Gasteiger partial charge is 0.478 e. The average Bonchev–Trinajstić information content (AvgIpc) is 2.67. The van der Waals surface area contributed by atoms with E-state index < -0.39 is 11.4 Å². The normalized spacial score (nSPS) is 16.0. The van der Waals surface area contributed by atoms with Crippen molar-refractivity contribution in [3.05, 3.63) is 70.2 Å². The molecule has 0 spiro atoms. The van der Waals surface area contributed by atoms with Gasteiger partial charge in [0.2, 0.25) is 5.91 Å². The van der Waals surface area contributed by atoms with Crippen LogP contribution in [-0.2, 0) is 21.5 Å². The SMILES string of the molecule is O=C(O)c1ccc(CNC(=O)C2(c3ccccc3Cl)CCOCC2)cc1. The van der Waals surface area contributed by atoms with E-state index in [0.29, 0.717) is 37.6 Å². The fraction of sp³-hybridized carbons (Fsp3) is 0.300. The van der Waals surface area contributed by atoms with Crippen LogP contribution in [0.1, 0.15) is 34.3 Å². The molecule has 3 rings (SSSR count). The molecule has 1 amide bonds. The third kappa shape index (κ3) is 3.74. The zero-order chi connectivity index (χ0) is 18.6. The Bertz CT molecular complexity index is 798. The van der Waals surface area contributed by atoms with Gasteiger partial charge in [-0.15, -0.1) is 0 Å². The van der Waals surface area contributed by atoms with Gasteiger partial charge in [0, 0.05) is 24.8 Å². The smallest absolute Gasteiger partial charge is 0.335 e. The van der Waals surface area contributed by atoms with Crippen molar-refractivity contribution in [2.24, 2.45) is 0 Å². The molecule has 1 aliphatic heterocycles. The molecule has 0 bridgehead atoms. The van der Waals surface area contributed by atoms with Crippen LogP contribution in [0.3, 0.4) is 0 Å². The summed E-state index contributed by atoms with van der Waals surface area (Å²) in [6, 6.07) is 13.9. The Kier molecular flexibility index (Phi) is 5.59. The monoisotopic (exact) mass is 373 g/mol. The maximum atomic E-state index is 13.1. The molecule has 1 saturated heterocycles. The van der Waals surface area contributed by atoms with Crippen molar-refractivity contribution in [2.75, 3.05) is 13.2 Å². The molecule has 2 aromatic rings. The molecule has 1 fully saturated rings. The maximum Gasteiger partial charge on any atom is 0.335 e. The number of carboxylic acids is 1. The number of halogens is 1. The molecular weight excluding hydrogens is 354 g/mol. The van der Waals surface area contributed by atoms with Gasteiger partial charge < -0.3 is 15.2 Å². The quantitative estimate of drug-likeness (QED) is 0.842. The average molecular weight is 374 g/mol. The number of ether oxygens (including phenoxy) is 1. The highest BCUT2D eigenvalue weighted by atomic mass is 35.5. The van der Waals surface area contributed by atoms with Crippen LogP contribution in [-0.4, -0.2) is 30.2 Å². The first kappa shape index (κ1) is 18.4. The predicted octanol–water partition coefficient (Wildman–Crippen LogP) is 3.40. The molecule has 1 aliphatic rings.